The lowest BCUT2D eigenvalue weighted by Crippen LogP contribution is -2.25. The second-order valence-corrected chi connectivity index (χ2v) is 8.53. The molecule has 9 heteroatoms. The number of aliphatic imine (C=N–C) groups is 1. The first kappa shape index (κ1) is 21.4. The maximum absolute atomic E-state index is 12.5. The monoisotopic (exact) mass is 443 g/mol. The fourth-order valence-corrected chi connectivity index (χ4v) is 5.14. The number of carbonyl (C=O) groups excluding carboxylic acids is 1. The molecule has 160 valence electrons. The van der Waals surface area contributed by atoms with Crippen LogP contribution in [0.4, 0.5) is 0 Å². The summed E-state index contributed by atoms with van der Waals surface area (Å²) in [4.78, 5) is 18.5. The zero-order valence-corrected chi connectivity index (χ0v) is 18.8. The van der Waals surface area contributed by atoms with Gasteiger partial charge in [-0.2, -0.15) is 10.5 Å². The number of thiophene rings is 1. The van der Waals surface area contributed by atoms with Crippen LogP contribution in [0.25, 0.3) is 5.00 Å². The van der Waals surface area contributed by atoms with E-state index < -0.39 is 6.04 Å². The fourth-order valence-electron chi connectivity index (χ4n) is 3.85. The fraction of sp³-hybridized carbons (Fsp3) is 0.304. The summed E-state index contributed by atoms with van der Waals surface area (Å²) in [5, 5.41) is 30.9. The predicted molar refractivity (Wildman–Crippen MR) is 121 cm³/mol. The number of amides is 1. The Kier molecular flexibility index (Phi) is 5.85. The predicted octanol–water partition coefficient (Wildman–Crippen LogP) is 3.30. The molecule has 1 aliphatic rings. The molecule has 32 heavy (non-hydrogen) atoms. The van der Waals surface area contributed by atoms with E-state index in [0.717, 1.165) is 32.3 Å². The van der Waals surface area contributed by atoms with Gasteiger partial charge in [-0.3, -0.25) is 14.4 Å². The molecule has 0 saturated carbocycles. The molecule has 1 aliphatic heterocycles. The molecule has 3 aromatic rings. The first-order valence-electron chi connectivity index (χ1n) is 10.2. The van der Waals surface area contributed by atoms with Crippen molar-refractivity contribution in [1.29, 1.82) is 10.5 Å². The Labute approximate surface area is 189 Å². The molecule has 1 atom stereocenters. The van der Waals surface area contributed by atoms with E-state index in [1.54, 1.807) is 12.1 Å². The van der Waals surface area contributed by atoms with Crippen molar-refractivity contribution in [2.24, 2.45) is 4.99 Å². The SMILES string of the molecule is CCNC(=O)C[C@@H]1N=C(c2ccc(C#N)cc2)c2c(sc(CC#N)c2C)-n2c(C)nnc21. The summed E-state index contributed by atoms with van der Waals surface area (Å²) in [5.74, 6) is 1.19. The highest BCUT2D eigenvalue weighted by Crippen LogP contribution is 2.40. The smallest absolute Gasteiger partial charge is 0.222 e. The standard InChI is InChI=1S/C23H21N7OS/c1-4-26-19(31)11-17-22-29-28-14(3)30(22)23-20(13(2)18(32-23)9-10-24)21(27-17)16-7-5-15(12-25)6-8-16/h5-8,17H,4,9,11H2,1-3H3,(H,26,31)/t17-/m0/s1. The third kappa shape index (κ3) is 3.68. The van der Waals surface area contributed by atoms with Gasteiger partial charge in [0.1, 0.15) is 16.9 Å². The van der Waals surface area contributed by atoms with Crippen LogP contribution in [0.2, 0.25) is 0 Å². The van der Waals surface area contributed by atoms with E-state index in [2.05, 4.69) is 27.7 Å². The lowest BCUT2D eigenvalue weighted by Gasteiger charge is -2.12. The summed E-state index contributed by atoms with van der Waals surface area (Å²) in [6.07, 6.45) is 0.438. The van der Waals surface area contributed by atoms with E-state index in [4.69, 9.17) is 4.99 Å². The summed E-state index contributed by atoms with van der Waals surface area (Å²) >= 11 is 1.53. The van der Waals surface area contributed by atoms with Crippen LogP contribution >= 0.6 is 11.3 Å². The molecule has 2 aromatic heterocycles. The van der Waals surface area contributed by atoms with Gasteiger partial charge in [0.25, 0.3) is 0 Å². The normalized spacial score (nSPS) is 14.4. The van der Waals surface area contributed by atoms with E-state index in [9.17, 15) is 15.3 Å². The quantitative estimate of drug-likeness (QED) is 0.649. The minimum atomic E-state index is -0.521. The Bertz CT molecular complexity index is 1300. The van der Waals surface area contributed by atoms with Crippen LogP contribution < -0.4 is 5.32 Å². The molecule has 0 saturated heterocycles. The van der Waals surface area contributed by atoms with Crippen molar-refractivity contribution >= 4 is 23.0 Å². The Morgan fingerprint density at radius 3 is 2.62 bits per heavy atom. The van der Waals surface area contributed by atoms with Crippen LogP contribution in [0.15, 0.2) is 29.3 Å². The van der Waals surface area contributed by atoms with E-state index in [0.29, 0.717) is 30.2 Å². The zero-order chi connectivity index (χ0) is 22.8. The van der Waals surface area contributed by atoms with Crippen molar-refractivity contribution < 1.29 is 4.79 Å². The Morgan fingerprint density at radius 2 is 1.97 bits per heavy atom. The third-order valence-electron chi connectivity index (χ3n) is 5.38. The Morgan fingerprint density at radius 1 is 1.22 bits per heavy atom. The maximum atomic E-state index is 12.5. The molecule has 0 radical (unpaired) electrons. The van der Waals surface area contributed by atoms with Gasteiger partial charge >= 0.3 is 0 Å². The summed E-state index contributed by atoms with van der Waals surface area (Å²) < 4.78 is 1.96. The molecule has 0 fully saturated rings. The van der Waals surface area contributed by atoms with Crippen LogP contribution in [0.1, 0.15) is 58.2 Å². The summed E-state index contributed by atoms with van der Waals surface area (Å²) in [6, 6.07) is 11.1. The maximum Gasteiger partial charge on any atom is 0.222 e. The number of aryl methyl sites for hydroxylation is 1. The first-order valence-corrected chi connectivity index (χ1v) is 11.1. The number of rotatable bonds is 5. The van der Waals surface area contributed by atoms with Gasteiger partial charge in [0.15, 0.2) is 5.82 Å². The van der Waals surface area contributed by atoms with E-state index in [1.807, 2.05) is 37.5 Å². The first-order chi connectivity index (χ1) is 15.5. The molecule has 0 unspecified atom stereocenters. The van der Waals surface area contributed by atoms with Crippen molar-refractivity contribution in [1.82, 2.24) is 20.1 Å². The number of fused-ring (bicyclic) bond motifs is 3. The number of aromatic nitrogens is 3. The van der Waals surface area contributed by atoms with Crippen LogP contribution in [-0.2, 0) is 11.2 Å². The lowest BCUT2D eigenvalue weighted by molar-refractivity contribution is -0.121. The molecule has 8 nitrogen and oxygen atoms in total. The molecule has 0 aliphatic carbocycles. The van der Waals surface area contributed by atoms with Gasteiger partial charge in [-0.05, 0) is 38.5 Å². The second kappa shape index (κ2) is 8.74. The van der Waals surface area contributed by atoms with E-state index >= 15 is 0 Å². The van der Waals surface area contributed by atoms with Gasteiger partial charge in [-0.15, -0.1) is 21.5 Å². The highest BCUT2D eigenvalue weighted by Gasteiger charge is 2.32. The molecule has 4 rings (SSSR count). The van der Waals surface area contributed by atoms with Crippen LogP contribution in [0.5, 0.6) is 0 Å². The number of nitrogens with zero attached hydrogens (tertiary/aromatic N) is 6. The Balaban J connectivity index is 1.97. The van der Waals surface area contributed by atoms with Crippen molar-refractivity contribution in [3.8, 4) is 17.1 Å². The zero-order valence-electron chi connectivity index (χ0n) is 18.0. The molecule has 1 aromatic carbocycles. The number of nitriles is 2. The van der Waals surface area contributed by atoms with Crippen LogP contribution in [-0.4, -0.2) is 32.9 Å². The number of nitrogens with one attached hydrogen (secondary N) is 1. The number of hydrogen-bond donors (Lipinski definition) is 1. The summed E-state index contributed by atoms with van der Waals surface area (Å²) in [5.41, 5.74) is 4.01. The van der Waals surface area contributed by atoms with Gasteiger partial charge in [0.2, 0.25) is 5.91 Å². The number of benzene rings is 1. The summed E-state index contributed by atoms with van der Waals surface area (Å²) in [7, 11) is 0. The van der Waals surface area contributed by atoms with Gasteiger partial charge in [-0.1, -0.05) is 12.1 Å². The molecule has 1 amide bonds. The van der Waals surface area contributed by atoms with Crippen LogP contribution in [0, 0.1) is 36.5 Å². The van der Waals surface area contributed by atoms with Gasteiger partial charge < -0.3 is 5.32 Å². The Hall–Kier alpha value is -3.82. The highest BCUT2D eigenvalue weighted by atomic mass is 32.1. The van der Waals surface area contributed by atoms with Crippen molar-refractivity contribution in [2.75, 3.05) is 6.54 Å². The molecular formula is C23H21N7OS. The molecule has 3 heterocycles. The highest BCUT2D eigenvalue weighted by molar-refractivity contribution is 7.15. The average Bonchev–Trinajstić information content (AvgIpc) is 3.27. The largest absolute Gasteiger partial charge is 0.356 e. The molecule has 0 bridgehead atoms. The van der Waals surface area contributed by atoms with Crippen molar-refractivity contribution in [3.05, 3.63) is 63.0 Å². The molecular weight excluding hydrogens is 422 g/mol. The van der Waals surface area contributed by atoms with Gasteiger partial charge in [0.05, 0.1) is 36.3 Å². The number of hydrogen-bond acceptors (Lipinski definition) is 7. The molecule has 1 N–H and O–H groups in total. The van der Waals surface area contributed by atoms with E-state index in [-0.39, 0.29) is 12.3 Å². The lowest BCUT2D eigenvalue weighted by atomic mass is 9.98. The minimum Gasteiger partial charge on any atom is -0.356 e. The van der Waals surface area contributed by atoms with Crippen molar-refractivity contribution in [3.63, 3.8) is 0 Å². The number of carbonyl (C=O) groups is 1. The second-order valence-electron chi connectivity index (χ2n) is 7.45. The van der Waals surface area contributed by atoms with Crippen molar-refractivity contribution in [2.45, 2.75) is 39.7 Å². The third-order valence-corrected chi connectivity index (χ3v) is 6.66. The van der Waals surface area contributed by atoms with Gasteiger partial charge in [0, 0.05) is 22.5 Å². The average molecular weight is 444 g/mol. The molecule has 0 spiro atoms. The van der Waals surface area contributed by atoms with Gasteiger partial charge in [-0.25, -0.2) is 0 Å². The summed E-state index contributed by atoms with van der Waals surface area (Å²) in [6.45, 7) is 6.27. The van der Waals surface area contributed by atoms with E-state index in [1.165, 1.54) is 11.3 Å². The minimum absolute atomic E-state index is 0.111. The topological polar surface area (TPSA) is 120 Å². The van der Waals surface area contributed by atoms with Crippen LogP contribution in [0.3, 0.4) is 0 Å².